The molecule has 1 aliphatic carbocycles. The van der Waals surface area contributed by atoms with Crippen LogP contribution in [0.2, 0.25) is 0 Å². The summed E-state index contributed by atoms with van der Waals surface area (Å²) in [7, 11) is 0. The summed E-state index contributed by atoms with van der Waals surface area (Å²) in [5.74, 6) is -0.323. The molecule has 0 spiro atoms. The van der Waals surface area contributed by atoms with Gasteiger partial charge in [-0.25, -0.2) is 4.39 Å². The molecule has 1 fully saturated rings. The molecule has 0 radical (unpaired) electrons. The van der Waals surface area contributed by atoms with Gasteiger partial charge in [0.2, 0.25) is 0 Å². The molecule has 1 aliphatic rings. The molecular weight excluding hydrogens is 179 g/mol. The summed E-state index contributed by atoms with van der Waals surface area (Å²) in [6, 6.07) is 6.23. The maximum absolute atomic E-state index is 13.0. The summed E-state index contributed by atoms with van der Waals surface area (Å²) >= 11 is 0. The van der Waals surface area contributed by atoms with Crippen LogP contribution in [-0.2, 0) is 5.54 Å². The van der Waals surface area contributed by atoms with Crippen LogP contribution in [0.5, 0.6) is 0 Å². The van der Waals surface area contributed by atoms with Gasteiger partial charge in [-0.1, -0.05) is 0 Å². The molecule has 0 bridgehead atoms. The molecule has 0 heterocycles. The van der Waals surface area contributed by atoms with Crippen molar-refractivity contribution >= 4 is 0 Å². The lowest BCUT2D eigenvalue weighted by molar-refractivity contribution is 0.252. The predicted octanol–water partition coefficient (Wildman–Crippen LogP) is 2.04. The molecule has 14 heavy (non-hydrogen) atoms. The van der Waals surface area contributed by atoms with E-state index in [-0.39, 0.29) is 5.82 Å². The smallest absolute Gasteiger partial charge is 0.123 e. The van der Waals surface area contributed by atoms with E-state index < -0.39 is 5.54 Å². The molecule has 0 aliphatic heterocycles. The molecule has 72 valence electrons. The average molecular weight is 190 g/mol. The van der Waals surface area contributed by atoms with Crippen molar-refractivity contribution in [2.75, 3.05) is 0 Å². The summed E-state index contributed by atoms with van der Waals surface area (Å²) < 4.78 is 13.0. The average Bonchev–Trinajstić information content (AvgIpc) is 2.14. The van der Waals surface area contributed by atoms with Crippen LogP contribution in [0.4, 0.5) is 4.39 Å². The quantitative estimate of drug-likeness (QED) is 0.736. The van der Waals surface area contributed by atoms with E-state index in [1.165, 1.54) is 18.2 Å². The van der Waals surface area contributed by atoms with Gasteiger partial charge in [0.15, 0.2) is 0 Å². The molecular formula is C11H11FN2. The maximum atomic E-state index is 13.0. The van der Waals surface area contributed by atoms with Crippen molar-refractivity contribution in [2.24, 2.45) is 5.73 Å². The first-order chi connectivity index (χ1) is 6.65. The minimum atomic E-state index is -0.465. The standard InChI is InChI=1S/C11H11FN2/c12-9-3-2-8(7-13)10(6-9)11(14)4-1-5-11/h2-3,6H,1,4-5,14H2. The Balaban J connectivity index is 2.50. The van der Waals surface area contributed by atoms with E-state index in [1.54, 1.807) is 0 Å². The number of rotatable bonds is 1. The van der Waals surface area contributed by atoms with Crippen LogP contribution < -0.4 is 5.73 Å². The van der Waals surface area contributed by atoms with Gasteiger partial charge < -0.3 is 5.73 Å². The second-order valence-electron chi connectivity index (χ2n) is 3.81. The van der Waals surface area contributed by atoms with Crippen LogP contribution in [-0.4, -0.2) is 0 Å². The largest absolute Gasteiger partial charge is 0.321 e. The summed E-state index contributed by atoms with van der Waals surface area (Å²) in [5.41, 5.74) is 6.74. The van der Waals surface area contributed by atoms with Crippen LogP contribution in [0.3, 0.4) is 0 Å². The Morgan fingerprint density at radius 3 is 2.64 bits per heavy atom. The van der Waals surface area contributed by atoms with Gasteiger partial charge in [-0.15, -0.1) is 0 Å². The molecule has 0 amide bonds. The van der Waals surface area contributed by atoms with Gasteiger partial charge in [-0.3, -0.25) is 0 Å². The number of nitrogens with two attached hydrogens (primary N) is 1. The van der Waals surface area contributed by atoms with Gasteiger partial charge in [0.1, 0.15) is 5.82 Å². The minimum absolute atomic E-state index is 0.323. The molecule has 1 saturated carbocycles. The fourth-order valence-corrected chi connectivity index (χ4v) is 1.85. The number of hydrogen-bond donors (Lipinski definition) is 1. The summed E-state index contributed by atoms with van der Waals surface area (Å²) in [6.45, 7) is 0. The van der Waals surface area contributed by atoms with Crippen LogP contribution in [0, 0.1) is 17.1 Å². The van der Waals surface area contributed by atoms with Gasteiger partial charge in [0.05, 0.1) is 11.6 Å². The first-order valence-electron chi connectivity index (χ1n) is 4.65. The van der Waals surface area contributed by atoms with Crippen molar-refractivity contribution in [3.8, 4) is 6.07 Å². The molecule has 0 atom stereocenters. The monoisotopic (exact) mass is 190 g/mol. The lowest BCUT2D eigenvalue weighted by Crippen LogP contribution is -2.44. The van der Waals surface area contributed by atoms with Crippen molar-refractivity contribution in [1.29, 1.82) is 5.26 Å². The first-order valence-corrected chi connectivity index (χ1v) is 4.65. The Morgan fingerprint density at radius 1 is 1.43 bits per heavy atom. The highest BCUT2D eigenvalue weighted by molar-refractivity contribution is 5.43. The van der Waals surface area contributed by atoms with Crippen LogP contribution >= 0.6 is 0 Å². The normalized spacial score (nSPS) is 18.4. The van der Waals surface area contributed by atoms with E-state index >= 15 is 0 Å². The lowest BCUT2D eigenvalue weighted by Gasteiger charge is -2.39. The number of halogens is 1. The third-order valence-corrected chi connectivity index (χ3v) is 2.88. The summed E-state index contributed by atoms with van der Waals surface area (Å²) in [5, 5.41) is 8.86. The topological polar surface area (TPSA) is 49.8 Å². The number of hydrogen-bond acceptors (Lipinski definition) is 2. The SMILES string of the molecule is N#Cc1ccc(F)cc1C1(N)CCC1. The van der Waals surface area contributed by atoms with Crippen molar-refractivity contribution in [3.05, 3.63) is 35.1 Å². The maximum Gasteiger partial charge on any atom is 0.123 e. The van der Waals surface area contributed by atoms with Crippen molar-refractivity contribution in [3.63, 3.8) is 0 Å². The predicted molar refractivity (Wildman–Crippen MR) is 50.8 cm³/mol. The molecule has 1 aromatic rings. The fraction of sp³-hybridized carbons (Fsp3) is 0.364. The van der Waals surface area contributed by atoms with Gasteiger partial charge in [-0.2, -0.15) is 5.26 Å². The molecule has 0 saturated heterocycles. The van der Waals surface area contributed by atoms with E-state index in [4.69, 9.17) is 11.0 Å². The Bertz CT molecular complexity index is 402. The van der Waals surface area contributed by atoms with E-state index in [0.29, 0.717) is 11.1 Å². The molecule has 2 N–H and O–H groups in total. The highest BCUT2D eigenvalue weighted by Gasteiger charge is 2.36. The zero-order chi connectivity index (χ0) is 10.2. The lowest BCUT2D eigenvalue weighted by atomic mass is 9.71. The Hall–Kier alpha value is -1.40. The highest BCUT2D eigenvalue weighted by atomic mass is 19.1. The highest BCUT2D eigenvalue weighted by Crippen LogP contribution is 2.40. The Kier molecular flexibility index (Phi) is 2.01. The Labute approximate surface area is 82.1 Å². The van der Waals surface area contributed by atoms with Crippen LogP contribution in [0.1, 0.15) is 30.4 Å². The van der Waals surface area contributed by atoms with Gasteiger partial charge >= 0.3 is 0 Å². The Morgan fingerprint density at radius 2 is 2.14 bits per heavy atom. The zero-order valence-corrected chi connectivity index (χ0v) is 7.76. The zero-order valence-electron chi connectivity index (χ0n) is 7.76. The third-order valence-electron chi connectivity index (χ3n) is 2.88. The summed E-state index contributed by atoms with van der Waals surface area (Å²) in [4.78, 5) is 0. The molecule has 2 rings (SSSR count). The van der Waals surface area contributed by atoms with E-state index in [1.807, 2.05) is 0 Å². The summed E-state index contributed by atoms with van der Waals surface area (Å²) in [6.07, 6.45) is 2.73. The molecule has 1 aromatic carbocycles. The molecule has 0 aromatic heterocycles. The van der Waals surface area contributed by atoms with Crippen molar-refractivity contribution in [2.45, 2.75) is 24.8 Å². The van der Waals surface area contributed by atoms with E-state index in [9.17, 15) is 4.39 Å². The second kappa shape index (κ2) is 3.07. The second-order valence-corrected chi connectivity index (χ2v) is 3.81. The van der Waals surface area contributed by atoms with Gasteiger partial charge in [0, 0.05) is 5.54 Å². The molecule has 3 heteroatoms. The van der Waals surface area contributed by atoms with Crippen LogP contribution in [0.15, 0.2) is 18.2 Å². The number of nitriles is 1. The fourth-order valence-electron chi connectivity index (χ4n) is 1.85. The first kappa shape index (κ1) is 9.17. The van der Waals surface area contributed by atoms with Gasteiger partial charge in [0.25, 0.3) is 0 Å². The third kappa shape index (κ3) is 1.28. The van der Waals surface area contributed by atoms with Crippen LogP contribution in [0.25, 0.3) is 0 Å². The molecule has 0 unspecified atom stereocenters. The molecule has 2 nitrogen and oxygen atoms in total. The van der Waals surface area contributed by atoms with Gasteiger partial charge in [-0.05, 0) is 43.0 Å². The van der Waals surface area contributed by atoms with E-state index in [2.05, 4.69) is 6.07 Å². The number of nitrogens with zero attached hydrogens (tertiary/aromatic N) is 1. The number of benzene rings is 1. The minimum Gasteiger partial charge on any atom is -0.321 e. The van der Waals surface area contributed by atoms with Crippen molar-refractivity contribution < 1.29 is 4.39 Å². The van der Waals surface area contributed by atoms with E-state index in [0.717, 1.165) is 19.3 Å². The van der Waals surface area contributed by atoms with Crippen molar-refractivity contribution in [1.82, 2.24) is 0 Å².